The maximum atomic E-state index is 6.28. The van der Waals surface area contributed by atoms with E-state index in [1.54, 1.807) is 0 Å². The molecule has 223 valence electrons. The Labute approximate surface area is 259 Å². The van der Waals surface area contributed by atoms with E-state index in [9.17, 15) is 0 Å². The fraction of sp³-hybridized carbons (Fsp3) is 0.375. The fourth-order valence-corrected chi connectivity index (χ4v) is 7.74. The number of nitrogens with zero attached hydrogens (tertiary/aromatic N) is 2. The summed E-state index contributed by atoms with van der Waals surface area (Å²) in [6.45, 7) is 19.0. The van der Waals surface area contributed by atoms with Gasteiger partial charge < -0.3 is 14.5 Å². The average Bonchev–Trinajstić information content (AvgIpc) is 3.26. The summed E-state index contributed by atoms with van der Waals surface area (Å²) in [6, 6.07) is 34.4. The molecule has 2 aliphatic heterocycles. The van der Waals surface area contributed by atoms with Gasteiger partial charge in [-0.05, 0) is 98.0 Å². The summed E-state index contributed by atoms with van der Waals surface area (Å²) in [5, 5.41) is 0. The van der Waals surface area contributed by atoms with Crippen LogP contribution in [0.1, 0.15) is 103 Å². The van der Waals surface area contributed by atoms with Crippen LogP contribution in [0.15, 0.2) is 91.0 Å². The van der Waals surface area contributed by atoms with Crippen molar-refractivity contribution in [1.29, 1.82) is 0 Å². The Morgan fingerprint density at radius 2 is 1.19 bits per heavy atom. The lowest BCUT2D eigenvalue weighted by Gasteiger charge is -2.43. The van der Waals surface area contributed by atoms with Gasteiger partial charge >= 0.3 is 0 Å². The van der Waals surface area contributed by atoms with Crippen LogP contribution in [0.4, 0.5) is 22.7 Å². The van der Waals surface area contributed by atoms with Gasteiger partial charge in [0.15, 0.2) is 11.5 Å². The zero-order chi connectivity index (χ0) is 30.5. The molecule has 3 heteroatoms. The molecule has 0 saturated carbocycles. The monoisotopic (exact) mass is 571 g/mol. The van der Waals surface area contributed by atoms with Gasteiger partial charge in [0.25, 0.3) is 0 Å². The number of anilines is 4. The summed E-state index contributed by atoms with van der Waals surface area (Å²) >= 11 is 0. The normalized spacial score (nSPS) is 17.3. The molecular formula is C40H47N2O. The molecule has 0 aliphatic carbocycles. The highest BCUT2D eigenvalue weighted by Crippen LogP contribution is 2.60. The lowest BCUT2D eigenvalue weighted by atomic mass is 9.71. The molecule has 0 N–H and O–H groups in total. The molecular weight excluding hydrogens is 524 g/mol. The highest BCUT2D eigenvalue weighted by atomic mass is 16.5. The van der Waals surface area contributed by atoms with Crippen LogP contribution in [0.25, 0.3) is 0 Å². The maximum absolute atomic E-state index is 6.28. The van der Waals surface area contributed by atoms with Crippen LogP contribution < -0.4 is 14.5 Å². The second-order valence-electron chi connectivity index (χ2n) is 13.7. The molecule has 6 rings (SSSR count). The summed E-state index contributed by atoms with van der Waals surface area (Å²) in [6.07, 6.45) is 3.37. The zero-order valence-corrected chi connectivity index (χ0v) is 27.2. The minimum atomic E-state index is -0.0171. The van der Waals surface area contributed by atoms with Crippen molar-refractivity contribution in [3.8, 4) is 11.5 Å². The van der Waals surface area contributed by atoms with Gasteiger partial charge in [0.2, 0.25) is 0 Å². The van der Waals surface area contributed by atoms with Gasteiger partial charge in [-0.3, -0.25) is 0 Å². The first-order valence-corrected chi connectivity index (χ1v) is 16.2. The Balaban J connectivity index is 1.51. The molecule has 2 heterocycles. The molecule has 0 bridgehead atoms. The number of hydrogen-bond donors (Lipinski definition) is 0. The first-order chi connectivity index (χ1) is 20.6. The second-order valence-corrected chi connectivity index (χ2v) is 13.7. The van der Waals surface area contributed by atoms with Crippen LogP contribution in [0.5, 0.6) is 11.5 Å². The number of rotatable bonds is 7. The fourth-order valence-electron chi connectivity index (χ4n) is 7.74. The van der Waals surface area contributed by atoms with E-state index in [1.165, 1.54) is 28.4 Å². The Morgan fingerprint density at radius 1 is 0.674 bits per heavy atom. The SMILES string of the molecule is CCC1(CC)CC(C)(C)N(c2c(C(C)C)cccc2C(C)C)[C]1c1ccc(N2c3ccccc3Oc3ccccc32)cc1. The molecule has 0 atom stereocenters. The third-order valence-electron chi connectivity index (χ3n) is 9.85. The maximum Gasteiger partial charge on any atom is 0.151 e. The van der Waals surface area contributed by atoms with Crippen molar-refractivity contribution in [2.75, 3.05) is 9.80 Å². The first-order valence-electron chi connectivity index (χ1n) is 16.2. The Morgan fingerprint density at radius 3 is 1.67 bits per heavy atom. The predicted octanol–water partition coefficient (Wildman–Crippen LogP) is 11.9. The number of hydrogen-bond acceptors (Lipinski definition) is 3. The van der Waals surface area contributed by atoms with Crippen molar-refractivity contribution < 1.29 is 4.74 Å². The molecule has 0 aromatic heterocycles. The van der Waals surface area contributed by atoms with Gasteiger partial charge in [-0.25, -0.2) is 0 Å². The van der Waals surface area contributed by atoms with E-state index in [1.807, 2.05) is 12.1 Å². The van der Waals surface area contributed by atoms with Gasteiger partial charge in [0, 0.05) is 22.3 Å². The van der Waals surface area contributed by atoms with Crippen molar-refractivity contribution in [2.45, 2.75) is 92.0 Å². The molecule has 4 aromatic carbocycles. The van der Waals surface area contributed by atoms with E-state index in [2.05, 4.69) is 144 Å². The van der Waals surface area contributed by atoms with Gasteiger partial charge in [0.1, 0.15) is 0 Å². The highest BCUT2D eigenvalue weighted by Gasteiger charge is 2.56. The molecule has 0 spiro atoms. The van der Waals surface area contributed by atoms with E-state index < -0.39 is 0 Å². The number of benzene rings is 4. The van der Waals surface area contributed by atoms with E-state index in [0.717, 1.165) is 47.8 Å². The van der Waals surface area contributed by atoms with Gasteiger partial charge in [0.05, 0.1) is 17.4 Å². The molecule has 1 fully saturated rings. The minimum Gasteiger partial charge on any atom is -0.453 e. The standard InChI is InChI=1S/C40H47N2O/c1-9-40(10-2)26-39(7,8)42(37-31(27(3)4)16-15-17-32(37)28(5)6)38(40)29-22-24-30(25-23-29)41-33-18-11-13-20-35(33)43-36-21-14-12-19-34(36)41/h11-25,27-28H,9-10,26H2,1-8H3. The van der Waals surface area contributed by atoms with Gasteiger partial charge in [-0.1, -0.05) is 96.1 Å². The summed E-state index contributed by atoms with van der Waals surface area (Å²) in [7, 11) is 0. The quantitative estimate of drug-likeness (QED) is 0.193. The van der Waals surface area contributed by atoms with Crippen LogP contribution in [-0.2, 0) is 0 Å². The van der Waals surface area contributed by atoms with Crippen molar-refractivity contribution >= 4 is 22.7 Å². The first kappa shape index (κ1) is 29.4. The topological polar surface area (TPSA) is 15.7 Å². The van der Waals surface area contributed by atoms with Crippen LogP contribution in [0.2, 0.25) is 0 Å². The number of ether oxygens (including phenoxy) is 1. The lowest BCUT2D eigenvalue weighted by molar-refractivity contribution is 0.284. The highest BCUT2D eigenvalue weighted by molar-refractivity contribution is 5.86. The number of para-hydroxylation sites is 5. The van der Waals surface area contributed by atoms with Crippen molar-refractivity contribution in [2.24, 2.45) is 5.41 Å². The summed E-state index contributed by atoms with van der Waals surface area (Å²) in [5.41, 5.74) is 8.98. The zero-order valence-electron chi connectivity index (χ0n) is 27.2. The Kier molecular flexibility index (Phi) is 7.57. The van der Waals surface area contributed by atoms with Gasteiger partial charge in [-0.15, -0.1) is 0 Å². The van der Waals surface area contributed by atoms with Gasteiger partial charge in [-0.2, -0.15) is 0 Å². The molecule has 1 radical (unpaired) electrons. The van der Waals surface area contributed by atoms with Crippen molar-refractivity contribution in [3.05, 3.63) is 114 Å². The second kappa shape index (κ2) is 11.1. The molecule has 0 amide bonds. The molecule has 0 unspecified atom stereocenters. The number of fused-ring (bicyclic) bond motifs is 2. The van der Waals surface area contributed by atoms with Crippen molar-refractivity contribution in [1.82, 2.24) is 0 Å². The van der Waals surface area contributed by atoms with Crippen LogP contribution in [-0.4, -0.2) is 5.54 Å². The smallest absolute Gasteiger partial charge is 0.151 e. The predicted molar refractivity (Wildman–Crippen MR) is 182 cm³/mol. The van der Waals surface area contributed by atoms with E-state index in [0.29, 0.717) is 11.8 Å². The third kappa shape index (κ3) is 4.82. The largest absolute Gasteiger partial charge is 0.453 e. The minimum absolute atomic E-state index is 0.0171. The third-order valence-corrected chi connectivity index (χ3v) is 9.85. The molecule has 4 aromatic rings. The molecule has 43 heavy (non-hydrogen) atoms. The summed E-state index contributed by atoms with van der Waals surface area (Å²) in [5.74, 6) is 2.64. The summed E-state index contributed by atoms with van der Waals surface area (Å²) in [4.78, 5) is 5.09. The Hall–Kier alpha value is -3.72. The lowest BCUT2D eigenvalue weighted by Crippen LogP contribution is -2.42. The summed E-state index contributed by atoms with van der Waals surface area (Å²) < 4.78 is 6.28. The molecule has 3 nitrogen and oxygen atoms in total. The van der Waals surface area contributed by atoms with E-state index in [-0.39, 0.29) is 11.0 Å². The average molecular weight is 572 g/mol. The van der Waals surface area contributed by atoms with E-state index in [4.69, 9.17) is 4.74 Å². The van der Waals surface area contributed by atoms with E-state index >= 15 is 0 Å². The van der Waals surface area contributed by atoms with Crippen molar-refractivity contribution in [3.63, 3.8) is 0 Å². The Bertz CT molecular complexity index is 1520. The van der Waals surface area contributed by atoms with Crippen LogP contribution in [0.3, 0.4) is 0 Å². The molecule has 2 aliphatic rings. The van der Waals surface area contributed by atoms with Crippen LogP contribution >= 0.6 is 0 Å². The molecule has 1 saturated heterocycles. The van der Waals surface area contributed by atoms with Crippen LogP contribution in [0, 0.1) is 11.5 Å².